The minimum absolute atomic E-state index is 0.437. The summed E-state index contributed by atoms with van der Waals surface area (Å²) < 4.78 is 11.1. The fourth-order valence-corrected chi connectivity index (χ4v) is 3.57. The largest absolute Gasteiger partial charge is 0.497 e. The van der Waals surface area contributed by atoms with E-state index >= 15 is 0 Å². The number of rotatable bonds is 5. The molecule has 0 bridgehead atoms. The second-order valence-electron chi connectivity index (χ2n) is 7.05. The van der Waals surface area contributed by atoms with Gasteiger partial charge >= 0.3 is 0 Å². The lowest BCUT2D eigenvalue weighted by molar-refractivity contribution is 0.415. The molecule has 31 heavy (non-hydrogen) atoms. The van der Waals surface area contributed by atoms with Crippen molar-refractivity contribution in [3.05, 3.63) is 85.1 Å². The Balaban J connectivity index is 1.52. The van der Waals surface area contributed by atoms with Gasteiger partial charge in [-0.25, -0.2) is 0 Å². The van der Waals surface area contributed by atoms with Gasteiger partial charge in [0.25, 0.3) is 0 Å². The molecule has 0 aliphatic heterocycles. The van der Waals surface area contributed by atoms with E-state index in [-0.39, 0.29) is 0 Å². The van der Waals surface area contributed by atoms with Crippen molar-refractivity contribution in [1.29, 1.82) is 0 Å². The molecule has 6 heteroatoms. The van der Waals surface area contributed by atoms with Gasteiger partial charge in [0.2, 0.25) is 0 Å². The molecule has 0 atom stereocenters. The normalized spacial score (nSPS) is 10.9. The van der Waals surface area contributed by atoms with E-state index in [1.165, 1.54) is 0 Å². The highest BCUT2D eigenvalue weighted by atomic mass is 16.5. The number of hydrogen-bond acceptors (Lipinski definition) is 5. The van der Waals surface area contributed by atoms with Crippen LogP contribution in [0.4, 0.5) is 5.82 Å². The smallest absolute Gasteiger partial charge is 0.153 e. The number of pyridine rings is 1. The maximum Gasteiger partial charge on any atom is 0.153 e. The van der Waals surface area contributed by atoms with Gasteiger partial charge in [-0.1, -0.05) is 30.3 Å². The summed E-state index contributed by atoms with van der Waals surface area (Å²) >= 11 is 0. The van der Waals surface area contributed by atoms with Gasteiger partial charge in [0, 0.05) is 17.3 Å². The molecule has 2 heterocycles. The molecule has 0 fully saturated rings. The van der Waals surface area contributed by atoms with Crippen molar-refractivity contribution in [2.24, 2.45) is 0 Å². The number of nitrogens with two attached hydrogens (primary N) is 1. The Morgan fingerprint density at radius 2 is 1.42 bits per heavy atom. The summed E-state index contributed by atoms with van der Waals surface area (Å²) in [6, 6.07) is 25.3. The Hall–Kier alpha value is -4.32. The predicted octanol–water partition coefficient (Wildman–Crippen LogP) is 5.68. The minimum atomic E-state index is 0.437. The van der Waals surface area contributed by atoms with Gasteiger partial charge in [0.1, 0.15) is 17.2 Å². The van der Waals surface area contributed by atoms with E-state index in [0.717, 1.165) is 50.5 Å². The van der Waals surface area contributed by atoms with E-state index in [4.69, 9.17) is 20.2 Å². The van der Waals surface area contributed by atoms with E-state index in [1.807, 2.05) is 85.1 Å². The van der Waals surface area contributed by atoms with Crippen LogP contribution in [0, 0.1) is 0 Å². The molecule has 0 spiro atoms. The summed E-state index contributed by atoms with van der Waals surface area (Å²) in [6.45, 7) is 0. The first-order valence-electron chi connectivity index (χ1n) is 9.83. The summed E-state index contributed by atoms with van der Waals surface area (Å²) in [6.07, 6.45) is 1.83. The first kappa shape index (κ1) is 18.7. The summed E-state index contributed by atoms with van der Waals surface area (Å²) in [5, 5.41) is 8.13. The molecule has 0 unspecified atom stereocenters. The standard InChI is InChI=1S/C25H20N4O2/c1-30-18-11-9-17(10-12-18)23-24-22(25(26)29-28-24)21(15-27-23)16-7-13-20(14-8-16)31-19-5-3-2-4-6-19/h2-15H,1H3,(H3,26,28,29). The van der Waals surface area contributed by atoms with Gasteiger partial charge in [-0.05, 0) is 54.1 Å². The number of nitrogen functional groups attached to an aromatic ring is 1. The van der Waals surface area contributed by atoms with Crippen molar-refractivity contribution in [1.82, 2.24) is 15.2 Å². The van der Waals surface area contributed by atoms with Crippen molar-refractivity contribution in [2.75, 3.05) is 12.8 Å². The molecule has 0 saturated heterocycles. The van der Waals surface area contributed by atoms with E-state index < -0.39 is 0 Å². The van der Waals surface area contributed by atoms with Gasteiger partial charge in [0.15, 0.2) is 5.82 Å². The topological polar surface area (TPSA) is 86.1 Å². The lowest BCUT2D eigenvalue weighted by Crippen LogP contribution is -1.92. The van der Waals surface area contributed by atoms with Crippen LogP contribution in [0.1, 0.15) is 0 Å². The van der Waals surface area contributed by atoms with Crippen molar-refractivity contribution >= 4 is 16.7 Å². The number of hydrogen-bond donors (Lipinski definition) is 2. The zero-order valence-corrected chi connectivity index (χ0v) is 16.9. The molecule has 6 nitrogen and oxygen atoms in total. The van der Waals surface area contributed by atoms with E-state index in [2.05, 4.69) is 10.2 Å². The molecule has 0 aliphatic rings. The van der Waals surface area contributed by atoms with Crippen LogP contribution in [0.2, 0.25) is 0 Å². The fraction of sp³-hybridized carbons (Fsp3) is 0.0400. The third-order valence-electron chi connectivity index (χ3n) is 5.13. The molecule has 3 aromatic carbocycles. The number of aromatic amines is 1. The molecular formula is C25H20N4O2. The van der Waals surface area contributed by atoms with Gasteiger partial charge in [0.05, 0.1) is 23.7 Å². The zero-order valence-electron chi connectivity index (χ0n) is 16.9. The maximum absolute atomic E-state index is 6.22. The summed E-state index contributed by atoms with van der Waals surface area (Å²) in [5.41, 5.74) is 10.6. The zero-order chi connectivity index (χ0) is 21.2. The molecule has 3 N–H and O–H groups in total. The Labute approximate surface area is 179 Å². The number of H-pyrrole nitrogens is 1. The molecule has 0 saturated carbocycles. The number of benzene rings is 3. The molecule has 0 radical (unpaired) electrons. The van der Waals surface area contributed by atoms with Crippen LogP contribution in [-0.4, -0.2) is 22.3 Å². The first-order valence-corrected chi connectivity index (χ1v) is 9.83. The van der Waals surface area contributed by atoms with Gasteiger partial charge in [-0.15, -0.1) is 0 Å². The van der Waals surface area contributed by atoms with Crippen LogP contribution >= 0.6 is 0 Å². The number of methoxy groups -OCH3 is 1. The van der Waals surface area contributed by atoms with Crippen molar-refractivity contribution in [2.45, 2.75) is 0 Å². The number of ether oxygens (including phenoxy) is 2. The monoisotopic (exact) mass is 408 g/mol. The summed E-state index contributed by atoms with van der Waals surface area (Å²) in [4.78, 5) is 4.71. The van der Waals surface area contributed by atoms with Crippen molar-refractivity contribution in [3.63, 3.8) is 0 Å². The Bertz CT molecular complexity index is 1330. The number of para-hydroxylation sites is 1. The van der Waals surface area contributed by atoms with Crippen LogP contribution in [-0.2, 0) is 0 Å². The Morgan fingerprint density at radius 1 is 0.774 bits per heavy atom. The number of fused-ring (bicyclic) bond motifs is 1. The van der Waals surface area contributed by atoms with Crippen LogP contribution in [0.15, 0.2) is 85.1 Å². The van der Waals surface area contributed by atoms with Crippen molar-refractivity contribution in [3.8, 4) is 39.6 Å². The van der Waals surface area contributed by atoms with Gasteiger partial charge in [-0.2, -0.15) is 5.10 Å². The fourth-order valence-electron chi connectivity index (χ4n) is 3.57. The van der Waals surface area contributed by atoms with Crippen LogP contribution in [0.25, 0.3) is 33.3 Å². The Morgan fingerprint density at radius 3 is 2.13 bits per heavy atom. The number of nitrogens with zero attached hydrogens (tertiary/aromatic N) is 2. The van der Waals surface area contributed by atoms with Crippen molar-refractivity contribution < 1.29 is 9.47 Å². The number of nitrogens with one attached hydrogen (secondary N) is 1. The summed E-state index contributed by atoms with van der Waals surface area (Å²) in [7, 11) is 1.64. The summed E-state index contributed by atoms with van der Waals surface area (Å²) in [5.74, 6) is 2.78. The highest BCUT2D eigenvalue weighted by molar-refractivity contribution is 6.06. The number of aromatic nitrogens is 3. The SMILES string of the molecule is COc1ccc(-c2ncc(-c3ccc(Oc4ccccc4)cc3)c3c(N)n[nH]c23)cc1. The van der Waals surface area contributed by atoms with E-state index in [1.54, 1.807) is 7.11 Å². The van der Waals surface area contributed by atoms with Crippen LogP contribution in [0.5, 0.6) is 17.2 Å². The predicted molar refractivity (Wildman–Crippen MR) is 122 cm³/mol. The van der Waals surface area contributed by atoms with E-state index in [9.17, 15) is 0 Å². The molecule has 0 aliphatic carbocycles. The third-order valence-corrected chi connectivity index (χ3v) is 5.13. The maximum atomic E-state index is 6.22. The molecular weight excluding hydrogens is 388 g/mol. The highest BCUT2D eigenvalue weighted by Crippen LogP contribution is 2.36. The molecule has 152 valence electrons. The second-order valence-corrected chi connectivity index (χ2v) is 7.05. The highest BCUT2D eigenvalue weighted by Gasteiger charge is 2.16. The lowest BCUT2D eigenvalue weighted by Gasteiger charge is -2.10. The van der Waals surface area contributed by atoms with Gasteiger partial charge in [-0.3, -0.25) is 10.1 Å². The molecule has 0 amide bonds. The van der Waals surface area contributed by atoms with E-state index in [0.29, 0.717) is 5.82 Å². The first-order chi connectivity index (χ1) is 15.2. The second kappa shape index (κ2) is 7.84. The molecule has 5 rings (SSSR count). The average Bonchev–Trinajstić information content (AvgIpc) is 3.22. The minimum Gasteiger partial charge on any atom is -0.497 e. The number of anilines is 1. The van der Waals surface area contributed by atoms with Crippen LogP contribution in [0.3, 0.4) is 0 Å². The van der Waals surface area contributed by atoms with Gasteiger partial charge < -0.3 is 15.2 Å². The molecule has 5 aromatic rings. The Kier molecular flexibility index (Phi) is 4.72. The third kappa shape index (κ3) is 3.55. The lowest BCUT2D eigenvalue weighted by atomic mass is 10.0. The average molecular weight is 408 g/mol. The molecule has 2 aromatic heterocycles. The quantitative estimate of drug-likeness (QED) is 0.391. The van der Waals surface area contributed by atoms with Crippen LogP contribution < -0.4 is 15.2 Å².